The highest BCUT2D eigenvalue weighted by molar-refractivity contribution is 7.67. The summed E-state index contributed by atoms with van der Waals surface area (Å²) in [7, 11) is 0. The van der Waals surface area contributed by atoms with Crippen molar-refractivity contribution in [2.75, 3.05) is 6.61 Å². The third kappa shape index (κ3) is 4.14. The first-order valence-electron chi connectivity index (χ1n) is 6.98. The first-order valence-corrected chi connectivity index (χ1v) is 7.72. The Morgan fingerprint density at radius 2 is 1.78 bits per heavy atom. The van der Waals surface area contributed by atoms with E-state index in [4.69, 9.17) is 4.74 Å². The van der Waals surface area contributed by atoms with Gasteiger partial charge in [-0.05, 0) is 32.9 Å². The molecule has 0 aliphatic rings. The third-order valence-electron chi connectivity index (χ3n) is 3.48. The smallest absolute Gasteiger partial charge is 0.363 e. The molecular formula is C16H20F3O3S+. The number of Topliss-reactive ketones (excluding diaryl/α,β-unsaturated/α-hetero) is 1. The van der Waals surface area contributed by atoms with E-state index in [2.05, 4.69) is 0 Å². The Morgan fingerprint density at radius 3 is 2.26 bits per heavy atom. The number of hydrogen-bond acceptors (Lipinski definition) is 3. The summed E-state index contributed by atoms with van der Waals surface area (Å²) in [5, 5.41) is 0. The van der Waals surface area contributed by atoms with Crippen LogP contribution in [-0.4, -0.2) is 22.7 Å². The molecule has 1 rings (SSSR count). The molecule has 0 aliphatic heterocycles. The van der Waals surface area contributed by atoms with E-state index in [9.17, 15) is 22.2 Å². The number of carbonyl (C=O) groups is 1. The first kappa shape index (κ1) is 19.7. The van der Waals surface area contributed by atoms with Gasteiger partial charge in [0.05, 0.1) is 11.1 Å². The summed E-state index contributed by atoms with van der Waals surface area (Å²) in [6.45, 7) is 6.26. The Balaban J connectivity index is 3.21. The zero-order valence-corrected chi connectivity index (χ0v) is 14.5. The lowest BCUT2D eigenvalue weighted by atomic mass is 9.91. The van der Waals surface area contributed by atoms with Crippen LogP contribution >= 0.6 is 0 Å². The van der Waals surface area contributed by atoms with Crippen LogP contribution in [0.4, 0.5) is 13.2 Å². The maximum atomic E-state index is 14.8. The van der Waals surface area contributed by atoms with E-state index in [-0.39, 0.29) is 18.3 Å². The quantitative estimate of drug-likeness (QED) is 0.549. The van der Waals surface area contributed by atoms with Gasteiger partial charge in [-0.25, -0.2) is 4.39 Å². The van der Waals surface area contributed by atoms with Gasteiger partial charge in [0.25, 0.3) is 4.75 Å². The molecule has 23 heavy (non-hydrogen) atoms. The molecule has 0 saturated heterocycles. The molecule has 0 heterocycles. The lowest BCUT2D eigenvalue weighted by Gasteiger charge is -2.35. The SMILES string of the molecule is CC(=O)c1cccc(C(F)(F)C(C)(C)OCC(C)(C)[S+]=O)c1F. The molecule has 0 atom stereocenters. The molecule has 1 aromatic rings. The zero-order valence-electron chi connectivity index (χ0n) is 13.7. The highest BCUT2D eigenvalue weighted by Gasteiger charge is 2.52. The summed E-state index contributed by atoms with van der Waals surface area (Å²) in [6, 6.07) is 3.29. The lowest BCUT2D eigenvalue weighted by Crippen LogP contribution is -2.46. The van der Waals surface area contributed by atoms with Crippen molar-refractivity contribution in [1.29, 1.82) is 0 Å². The lowest BCUT2D eigenvalue weighted by molar-refractivity contribution is -0.201. The van der Waals surface area contributed by atoms with Crippen molar-refractivity contribution in [3.63, 3.8) is 0 Å². The van der Waals surface area contributed by atoms with E-state index in [1.807, 2.05) is 0 Å². The summed E-state index contributed by atoms with van der Waals surface area (Å²) < 4.78 is 59.0. The molecule has 0 N–H and O–H groups in total. The Morgan fingerprint density at radius 1 is 1.22 bits per heavy atom. The van der Waals surface area contributed by atoms with Gasteiger partial charge in [-0.1, -0.05) is 6.07 Å². The fourth-order valence-corrected chi connectivity index (χ4v) is 1.95. The largest absolute Gasteiger partial charge is 0.467 e. The van der Waals surface area contributed by atoms with Crippen LogP contribution in [0.2, 0.25) is 0 Å². The summed E-state index contributed by atoms with van der Waals surface area (Å²) in [6.07, 6.45) is 0. The van der Waals surface area contributed by atoms with Gasteiger partial charge in [0.1, 0.15) is 18.0 Å². The van der Waals surface area contributed by atoms with Crippen LogP contribution in [-0.2, 0) is 26.5 Å². The highest BCUT2D eigenvalue weighted by Crippen LogP contribution is 2.43. The van der Waals surface area contributed by atoms with Gasteiger partial charge in [-0.2, -0.15) is 8.78 Å². The number of benzene rings is 1. The molecule has 128 valence electrons. The van der Waals surface area contributed by atoms with E-state index in [0.717, 1.165) is 32.9 Å². The van der Waals surface area contributed by atoms with E-state index in [0.29, 0.717) is 0 Å². The maximum Gasteiger partial charge on any atom is 0.467 e. The number of ketones is 1. The summed E-state index contributed by atoms with van der Waals surface area (Å²) >= 11 is 0.245. The van der Waals surface area contributed by atoms with Gasteiger partial charge in [-0.3, -0.25) is 4.79 Å². The molecule has 0 aliphatic carbocycles. The Bertz CT molecular complexity index is 613. The van der Waals surface area contributed by atoms with E-state index >= 15 is 0 Å². The Hall–Kier alpha value is -1.34. The molecule has 1 aromatic carbocycles. The van der Waals surface area contributed by atoms with Gasteiger partial charge in [0.2, 0.25) is 0 Å². The number of halogens is 3. The number of hydrogen-bond donors (Lipinski definition) is 0. The van der Waals surface area contributed by atoms with Gasteiger partial charge in [0.15, 0.2) is 5.78 Å². The second-order valence-electron chi connectivity index (χ2n) is 6.44. The van der Waals surface area contributed by atoms with Gasteiger partial charge >= 0.3 is 17.6 Å². The minimum atomic E-state index is -3.69. The zero-order chi connectivity index (χ0) is 18.1. The monoisotopic (exact) mass is 349 g/mol. The standard InChI is InChI=1S/C16H20F3O3S/c1-10(20)11-7-6-8-12(13(11)17)16(18,19)15(4,5)22-9-14(2,3)23-21/h6-8H,9H2,1-5H3/q+1. The molecule has 0 bridgehead atoms. The van der Waals surface area contributed by atoms with Crippen molar-refractivity contribution < 1.29 is 26.9 Å². The predicted molar refractivity (Wildman–Crippen MR) is 82.5 cm³/mol. The molecule has 0 fully saturated rings. The van der Waals surface area contributed by atoms with Gasteiger partial charge < -0.3 is 4.74 Å². The molecule has 0 aromatic heterocycles. The Kier molecular flexibility index (Phi) is 5.70. The molecule has 0 amide bonds. The minimum absolute atomic E-state index is 0.224. The number of ether oxygens (including phenoxy) is 1. The molecule has 0 saturated carbocycles. The molecule has 7 heteroatoms. The van der Waals surface area contributed by atoms with Gasteiger partial charge in [0, 0.05) is 18.1 Å². The predicted octanol–water partition coefficient (Wildman–Crippen LogP) is 4.12. The van der Waals surface area contributed by atoms with Crippen LogP contribution in [0.1, 0.15) is 50.5 Å². The third-order valence-corrected chi connectivity index (χ3v) is 4.05. The molecule has 0 radical (unpaired) electrons. The molecule has 0 unspecified atom stereocenters. The maximum absolute atomic E-state index is 14.8. The van der Waals surface area contributed by atoms with E-state index < -0.39 is 39.0 Å². The topological polar surface area (TPSA) is 43.4 Å². The molecule has 0 spiro atoms. The van der Waals surface area contributed by atoms with Crippen LogP contribution in [0.25, 0.3) is 0 Å². The van der Waals surface area contributed by atoms with Crippen molar-refractivity contribution in [2.24, 2.45) is 0 Å². The average molecular weight is 349 g/mol. The number of alkyl halides is 2. The number of rotatable bonds is 7. The van der Waals surface area contributed by atoms with Crippen molar-refractivity contribution in [1.82, 2.24) is 0 Å². The van der Waals surface area contributed by atoms with Crippen LogP contribution in [0.5, 0.6) is 0 Å². The fraction of sp³-hybridized carbons (Fsp3) is 0.562. The molecule has 3 nitrogen and oxygen atoms in total. The van der Waals surface area contributed by atoms with Crippen molar-refractivity contribution in [3.8, 4) is 0 Å². The Labute approximate surface area is 137 Å². The molecular weight excluding hydrogens is 329 g/mol. The summed E-state index contributed by atoms with van der Waals surface area (Å²) in [4.78, 5) is 11.3. The van der Waals surface area contributed by atoms with E-state index in [1.54, 1.807) is 13.8 Å². The fourth-order valence-electron chi connectivity index (χ4n) is 1.84. The first-order chi connectivity index (χ1) is 10.4. The normalized spacial score (nSPS) is 13.0. The highest BCUT2D eigenvalue weighted by atomic mass is 32.1. The average Bonchev–Trinajstić information content (AvgIpc) is 2.45. The second-order valence-corrected chi connectivity index (χ2v) is 7.71. The van der Waals surface area contributed by atoms with Crippen molar-refractivity contribution in [2.45, 2.75) is 50.9 Å². The van der Waals surface area contributed by atoms with Crippen LogP contribution in [0, 0.1) is 5.82 Å². The van der Waals surface area contributed by atoms with Crippen molar-refractivity contribution >= 4 is 17.4 Å². The minimum Gasteiger partial charge on any atom is -0.363 e. The van der Waals surface area contributed by atoms with E-state index in [1.165, 1.54) is 6.07 Å². The van der Waals surface area contributed by atoms with Gasteiger partial charge in [-0.15, -0.1) is 0 Å². The van der Waals surface area contributed by atoms with Crippen LogP contribution < -0.4 is 0 Å². The van der Waals surface area contributed by atoms with Crippen LogP contribution in [0.15, 0.2) is 18.2 Å². The number of carbonyl (C=O) groups excluding carboxylic acids is 1. The summed E-state index contributed by atoms with van der Waals surface area (Å²) in [5.74, 6) is -5.58. The second kappa shape index (κ2) is 6.65. The van der Waals surface area contributed by atoms with Crippen molar-refractivity contribution in [3.05, 3.63) is 35.1 Å². The summed E-state index contributed by atoms with van der Waals surface area (Å²) in [5.41, 5.74) is -3.35. The van der Waals surface area contributed by atoms with Crippen LogP contribution in [0.3, 0.4) is 0 Å².